The van der Waals surface area contributed by atoms with Crippen molar-refractivity contribution in [3.8, 4) is 0 Å². The van der Waals surface area contributed by atoms with Crippen LogP contribution in [0.1, 0.15) is 49.5 Å². The van der Waals surface area contributed by atoms with Crippen molar-refractivity contribution in [2.75, 3.05) is 31.1 Å². The fourth-order valence-corrected chi connectivity index (χ4v) is 5.07. The number of aromatic nitrogens is 4. The van der Waals surface area contributed by atoms with Gasteiger partial charge in [-0.1, -0.05) is 30.6 Å². The number of aryl methyl sites for hydroxylation is 1. The van der Waals surface area contributed by atoms with Gasteiger partial charge >= 0.3 is 5.69 Å². The van der Waals surface area contributed by atoms with Gasteiger partial charge in [-0.05, 0) is 12.8 Å². The van der Waals surface area contributed by atoms with Crippen LogP contribution in [0.3, 0.4) is 0 Å². The lowest BCUT2D eigenvalue weighted by Gasteiger charge is -2.34. The quantitative estimate of drug-likeness (QED) is 0.782. The SMILES string of the molecule is O=C(CCn1ccc(=O)[nH]c1=O)N1CCN(c2nnc(C3CCCCC3)s2)CC1. The van der Waals surface area contributed by atoms with Gasteiger partial charge in [0.15, 0.2) is 0 Å². The average molecular weight is 419 g/mol. The Bertz CT molecular complexity index is 953. The number of carbonyl (C=O) groups is 1. The van der Waals surface area contributed by atoms with E-state index in [-0.39, 0.29) is 18.9 Å². The number of piperazine rings is 1. The number of anilines is 1. The van der Waals surface area contributed by atoms with E-state index in [4.69, 9.17) is 0 Å². The first kappa shape index (κ1) is 19.8. The standard InChI is InChI=1S/C19H26N6O3S/c26-15-6-8-24(18(28)20-15)9-7-16(27)23-10-12-25(13-11-23)19-22-21-17(29-19)14-4-2-1-3-5-14/h6,8,14H,1-5,7,9-13H2,(H,20,26,28). The van der Waals surface area contributed by atoms with Gasteiger partial charge in [0.2, 0.25) is 11.0 Å². The summed E-state index contributed by atoms with van der Waals surface area (Å²) in [7, 11) is 0. The summed E-state index contributed by atoms with van der Waals surface area (Å²) < 4.78 is 1.35. The number of rotatable bonds is 5. The highest BCUT2D eigenvalue weighted by Crippen LogP contribution is 2.36. The van der Waals surface area contributed by atoms with Crippen LogP contribution in [-0.2, 0) is 11.3 Å². The molecule has 9 nitrogen and oxygen atoms in total. The van der Waals surface area contributed by atoms with Crippen LogP contribution < -0.4 is 16.1 Å². The summed E-state index contributed by atoms with van der Waals surface area (Å²) >= 11 is 1.70. The van der Waals surface area contributed by atoms with Gasteiger partial charge in [0, 0.05) is 57.3 Å². The topological polar surface area (TPSA) is 104 Å². The summed E-state index contributed by atoms with van der Waals surface area (Å²) in [5, 5.41) is 11.0. The maximum atomic E-state index is 12.5. The molecular weight excluding hydrogens is 392 g/mol. The zero-order valence-corrected chi connectivity index (χ0v) is 17.2. The van der Waals surface area contributed by atoms with Crippen LogP contribution in [0, 0.1) is 0 Å². The van der Waals surface area contributed by atoms with E-state index < -0.39 is 11.2 Å². The lowest BCUT2D eigenvalue weighted by atomic mass is 9.90. The summed E-state index contributed by atoms with van der Waals surface area (Å²) in [6, 6.07) is 1.29. The van der Waals surface area contributed by atoms with E-state index in [2.05, 4.69) is 20.1 Å². The maximum absolute atomic E-state index is 12.5. The molecule has 10 heteroatoms. The van der Waals surface area contributed by atoms with Crippen LogP contribution >= 0.6 is 11.3 Å². The lowest BCUT2D eigenvalue weighted by Crippen LogP contribution is -2.49. The molecule has 0 radical (unpaired) electrons. The van der Waals surface area contributed by atoms with Gasteiger partial charge in [0.05, 0.1) is 0 Å². The highest BCUT2D eigenvalue weighted by molar-refractivity contribution is 7.15. The number of hydrogen-bond acceptors (Lipinski definition) is 7. The molecule has 0 bridgehead atoms. The summed E-state index contributed by atoms with van der Waals surface area (Å²) in [5.41, 5.74) is -0.919. The number of carbonyl (C=O) groups excluding carboxylic acids is 1. The minimum absolute atomic E-state index is 0.0166. The minimum Gasteiger partial charge on any atom is -0.343 e. The van der Waals surface area contributed by atoms with E-state index in [1.807, 2.05) is 4.90 Å². The van der Waals surface area contributed by atoms with Gasteiger partial charge in [-0.3, -0.25) is 14.6 Å². The lowest BCUT2D eigenvalue weighted by molar-refractivity contribution is -0.131. The Morgan fingerprint density at radius 2 is 1.86 bits per heavy atom. The van der Waals surface area contributed by atoms with Crippen LogP contribution in [0.25, 0.3) is 0 Å². The summed E-state index contributed by atoms with van der Waals surface area (Å²) in [5.74, 6) is 0.581. The molecule has 1 amide bonds. The number of hydrogen-bond donors (Lipinski definition) is 1. The molecule has 3 heterocycles. The third-order valence-electron chi connectivity index (χ3n) is 5.75. The van der Waals surface area contributed by atoms with Crippen molar-refractivity contribution < 1.29 is 4.79 Å². The largest absolute Gasteiger partial charge is 0.343 e. The first-order valence-electron chi connectivity index (χ1n) is 10.3. The molecule has 1 aliphatic heterocycles. The Labute approximate surface area is 172 Å². The first-order chi connectivity index (χ1) is 14.1. The van der Waals surface area contributed by atoms with Gasteiger partial charge in [0.25, 0.3) is 5.56 Å². The van der Waals surface area contributed by atoms with Crippen molar-refractivity contribution in [1.82, 2.24) is 24.6 Å². The van der Waals surface area contributed by atoms with E-state index in [1.54, 1.807) is 11.3 Å². The zero-order chi connectivity index (χ0) is 20.2. The van der Waals surface area contributed by atoms with Crippen molar-refractivity contribution in [3.63, 3.8) is 0 Å². The molecule has 1 saturated carbocycles. The molecule has 0 unspecified atom stereocenters. The van der Waals surface area contributed by atoms with Crippen LogP contribution in [0.4, 0.5) is 5.13 Å². The second kappa shape index (κ2) is 8.89. The van der Waals surface area contributed by atoms with E-state index in [0.717, 1.165) is 23.2 Å². The normalized spacial score (nSPS) is 18.2. The number of aromatic amines is 1. The highest BCUT2D eigenvalue weighted by atomic mass is 32.1. The van der Waals surface area contributed by atoms with Gasteiger partial charge in [0.1, 0.15) is 5.01 Å². The monoisotopic (exact) mass is 418 g/mol. The Hall–Kier alpha value is -2.49. The van der Waals surface area contributed by atoms with Gasteiger partial charge < -0.3 is 14.4 Å². The molecule has 0 atom stereocenters. The van der Waals surface area contributed by atoms with Crippen LogP contribution in [0.5, 0.6) is 0 Å². The molecule has 156 valence electrons. The Balaban J connectivity index is 1.27. The van der Waals surface area contributed by atoms with Crippen molar-refractivity contribution in [3.05, 3.63) is 38.1 Å². The molecule has 29 heavy (non-hydrogen) atoms. The number of nitrogens with zero attached hydrogens (tertiary/aromatic N) is 5. The zero-order valence-electron chi connectivity index (χ0n) is 16.4. The van der Waals surface area contributed by atoms with Crippen LogP contribution in [0.15, 0.2) is 21.9 Å². The van der Waals surface area contributed by atoms with E-state index in [0.29, 0.717) is 19.0 Å². The number of H-pyrrole nitrogens is 1. The predicted octanol–water partition coefficient (Wildman–Crippen LogP) is 1.17. The molecule has 1 saturated heterocycles. The van der Waals surface area contributed by atoms with Crippen molar-refractivity contribution >= 4 is 22.4 Å². The van der Waals surface area contributed by atoms with Crippen molar-refractivity contribution in [2.24, 2.45) is 0 Å². The third kappa shape index (κ3) is 4.75. The third-order valence-corrected chi connectivity index (χ3v) is 6.90. The first-order valence-corrected chi connectivity index (χ1v) is 11.1. The summed E-state index contributed by atoms with van der Waals surface area (Å²) in [4.78, 5) is 41.6. The maximum Gasteiger partial charge on any atom is 0.328 e. The molecule has 4 rings (SSSR count). The predicted molar refractivity (Wildman–Crippen MR) is 110 cm³/mol. The van der Waals surface area contributed by atoms with Gasteiger partial charge in [-0.25, -0.2) is 4.79 Å². The van der Waals surface area contributed by atoms with E-state index >= 15 is 0 Å². The number of amides is 1. The average Bonchev–Trinajstić information content (AvgIpc) is 3.24. The molecule has 1 N–H and O–H groups in total. The fraction of sp³-hybridized carbons (Fsp3) is 0.632. The molecule has 2 aromatic heterocycles. The molecule has 0 spiro atoms. The molecular formula is C19H26N6O3S. The van der Waals surface area contributed by atoms with Gasteiger partial charge in [-0.15, -0.1) is 10.2 Å². The fourth-order valence-electron chi connectivity index (χ4n) is 4.01. The van der Waals surface area contributed by atoms with Crippen LogP contribution in [0.2, 0.25) is 0 Å². The summed E-state index contributed by atoms with van der Waals surface area (Å²) in [6.07, 6.45) is 7.99. The summed E-state index contributed by atoms with van der Waals surface area (Å²) in [6.45, 7) is 3.01. The Morgan fingerprint density at radius 1 is 1.10 bits per heavy atom. The molecule has 2 fully saturated rings. The second-order valence-corrected chi connectivity index (χ2v) is 8.67. The van der Waals surface area contributed by atoms with Crippen molar-refractivity contribution in [1.29, 1.82) is 0 Å². The van der Waals surface area contributed by atoms with E-state index in [9.17, 15) is 14.4 Å². The van der Waals surface area contributed by atoms with E-state index in [1.165, 1.54) is 48.9 Å². The molecule has 0 aromatic carbocycles. The number of nitrogens with one attached hydrogen (secondary N) is 1. The second-order valence-electron chi connectivity index (χ2n) is 7.68. The molecule has 1 aliphatic carbocycles. The van der Waals surface area contributed by atoms with Gasteiger partial charge in [-0.2, -0.15) is 0 Å². The Kier molecular flexibility index (Phi) is 6.08. The Morgan fingerprint density at radius 3 is 2.59 bits per heavy atom. The molecule has 2 aliphatic rings. The van der Waals surface area contributed by atoms with Crippen LogP contribution in [-0.4, -0.2) is 56.7 Å². The minimum atomic E-state index is -0.486. The van der Waals surface area contributed by atoms with Crippen molar-refractivity contribution in [2.45, 2.75) is 51.0 Å². The highest BCUT2D eigenvalue weighted by Gasteiger charge is 2.25. The smallest absolute Gasteiger partial charge is 0.328 e. The molecule has 2 aromatic rings.